The van der Waals surface area contributed by atoms with Crippen LogP contribution in [0, 0.1) is 0 Å². The Morgan fingerprint density at radius 3 is 2.54 bits per heavy atom. The average molecular weight is 561 g/mol. The molecule has 7 rings (SSSR count). The highest BCUT2D eigenvalue weighted by molar-refractivity contribution is 7.07. The summed E-state index contributed by atoms with van der Waals surface area (Å²) >= 11 is 1.32. The van der Waals surface area contributed by atoms with Gasteiger partial charge in [-0.15, -0.1) is 0 Å². The largest absolute Gasteiger partial charge is 0.497 e. The number of aromatic carboxylic acids is 1. The second-order valence-corrected chi connectivity index (χ2v) is 10.9. The van der Waals surface area contributed by atoms with E-state index in [-0.39, 0.29) is 17.2 Å². The van der Waals surface area contributed by atoms with Crippen molar-refractivity contribution in [2.45, 2.75) is 18.9 Å². The number of carboxylic acids is 1. The SMILES string of the molecule is COc1ccc(C2C3=C(N=c4s/c(=C/c5ccc(-c6ccccc6C(=O)O)o5)c(=O)n42)c2ccccc2CC3)cc1. The topological polar surface area (TPSA) is 94.0 Å². The number of hydrogen-bond donors (Lipinski definition) is 1. The number of hydrogen-bond acceptors (Lipinski definition) is 6. The number of allylic oxidation sites excluding steroid dienone is 1. The highest BCUT2D eigenvalue weighted by atomic mass is 32.1. The van der Waals surface area contributed by atoms with Crippen molar-refractivity contribution in [3.63, 3.8) is 0 Å². The van der Waals surface area contributed by atoms with E-state index in [1.54, 1.807) is 48.1 Å². The predicted molar refractivity (Wildman–Crippen MR) is 157 cm³/mol. The minimum atomic E-state index is -1.03. The van der Waals surface area contributed by atoms with Gasteiger partial charge in [-0.3, -0.25) is 9.36 Å². The summed E-state index contributed by atoms with van der Waals surface area (Å²) in [4.78, 5) is 31.4. The summed E-state index contributed by atoms with van der Waals surface area (Å²) in [6, 6.07) is 26.0. The predicted octanol–water partition coefficient (Wildman–Crippen LogP) is 5.29. The van der Waals surface area contributed by atoms with Crippen LogP contribution in [0.1, 0.15) is 45.3 Å². The molecule has 1 aliphatic heterocycles. The fourth-order valence-corrected chi connectivity index (χ4v) is 6.68. The van der Waals surface area contributed by atoms with E-state index in [4.69, 9.17) is 14.1 Å². The lowest BCUT2D eigenvalue weighted by Gasteiger charge is -2.30. The quantitative estimate of drug-likeness (QED) is 0.316. The average Bonchev–Trinajstić information content (AvgIpc) is 3.60. The fourth-order valence-electron chi connectivity index (χ4n) is 5.70. The monoisotopic (exact) mass is 560 g/mol. The van der Waals surface area contributed by atoms with Gasteiger partial charge in [0, 0.05) is 17.2 Å². The first kappa shape index (κ1) is 25.0. The minimum absolute atomic E-state index is 0.149. The maximum Gasteiger partial charge on any atom is 0.336 e. The molecule has 0 spiro atoms. The molecule has 2 aliphatic rings. The summed E-state index contributed by atoms with van der Waals surface area (Å²) in [5.41, 5.74) is 5.90. The smallest absolute Gasteiger partial charge is 0.336 e. The van der Waals surface area contributed by atoms with Crippen LogP contribution < -0.4 is 19.6 Å². The van der Waals surface area contributed by atoms with Crippen LogP contribution in [0.4, 0.5) is 0 Å². The van der Waals surface area contributed by atoms with E-state index < -0.39 is 5.97 Å². The van der Waals surface area contributed by atoms with Crippen molar-refractivity contribution in [3.05, 3.63) is 138 Å². The van der Waals surface area contributed by atoms with E-state index in [9.17, 15) is 14.7 Å². The van der Waals surface area contributed by atoms with Gasteiger partial charge in [-0.05, 0) is 59.9 Å². The molecule has 0 radical (unpaired) electrons. The lowest BCUT2D eigenvalue weighted by molar-refractivity contribution is 0.0697. The van der Waals surface area contributed by atoms with Gasteiger partial charge in [-0.25, -0.2) is 9.79 Å². The number of rotatable bonds is 5. The van der Waals surface area contributed by atoms with Crippen molar-refractivity contribution >= 4 is 29.1 Å². The van der Waals surface area contributed by atoms with Crippen molar-refractivity contribution < 1.29 is 19.1 Å². The van der Waals surface area contributed by atoms with Crippen molar-refractivity contribution in [2.75, 3.05) is 7.11 Å². The zero-order chi connectivity index (χ0) is 28.1. The Kier molecular flexibility index (Phi) is 6.05. The van der Waals surface area contributed by atoms with E-state index in [0.29, 0.717) is 26.4 Å². The van der Waals surface area contributed by atoms with Crippen molar-refractivity contribution in [2.24, 2.45) is 4.99 Å². The first-order valence-corrected chi connectivity index (χ1v) is 14.0. The third-order valence-corrected chi connectivity index (χ3v) is 8.61. The molecule has 41 heavy (non-hydrogen) atoms. The molecule has 7 nitrogen and oxygen atoms in total. The lowest BCUT2D eigenvalue weighted by Crippen LogP contribution is -2.38. The molecule has 0 amide bonds. The van der Waals surface area contributed by atoms with Crippen LogP contribution in [0.25, 0.3) is 23.1 Å². The van der Waals surface area contributed by atoms with Crippen molar-refractivity contribution in [1.82, 2.24) is 4.57 Å². The number of furan rings is 1. The van der Waals surface area contributed by atoms with E-state index in [0.717, 1.165) is 41.0 Å². The summed E-state index contributed by atoms with van der Waals surface area (Å²) < 4.78 is 13.7. The molecule has 0 saturated heterocycles. The lowest BCUT2D eigenvalue weighted by atomic mass is 9.83. The maximum absolute atomic E-state index is 14.0. The number of carboxylic acid groups (broad SMARTS) is 1. The first-order valence-electron chi connectivity index (χ1n) is 13.2. The van der Waals surface area contributed by atoms with Gasteiger partial charge in [0.25, 0.3) is 5.56 Å². The van der Waals surface area contributed by atoms with Crippen LogP contribution in [-0.2, 0) is 6.42 Å². The van der Waals surface area contributed by atoms with Crippen LogP contribution in [0.3, 0.4) is 0 Å². The highest BCUT2D eigenvalue weighted by Crippen LogP contribution is 2.41. The third kappa shape index (κ3) is 4.24. The molecule has 2 aromatic heterocycles. The van der Waals surface area contributed by atoms with Gasteiger partial charge in [-0.2, -0.15) is 0 Å². The number of nitrogens with zero attached hydrogens (tertiary/aromatic N) is 2. The van der Waals surface area contributed by atoms with Crippen molar-refractivity contribution in [1.29, 1.82) is 0 Å². The van der Waals surface area contributed by atoms with Crippen LogP contribution >= 0.6 is 11.3 Å². The van der Waals surface area contributed by atoms with E-state index in [1.807, 2.05) is 30.3 Å². The van der Waals surface area contributed by atoms with Gasteiger partial charge >= 0.3 is 5.97 Å². The zero-order valence-corrected chi connectivity index (χ0v) is 22.9. The number of carbonyl (C=O) groups is 1. The van der Waals surface area contributed by atoms with Gasteiger partial charge in [0.2, 0.25) is 0 Å². The molecule has 0 saturated carbocycles. The van der Waals surface area contributed by atoms with Gasteiger partial charge < -0.3 is 14.3 Å². The Bertz CT molecular complexity index is 2050. The normalized spacial score (nSPS) is 16.0. The second-order valence-electron chi connectivity index (χ2n) is 9.94. The molecule has 1 N–H and O–H groups in total. The number of ether oxygens (including phenoxy) is 1. The minimum Gasteiger partial charge on any atom is -0.497 e. The standard InChI is InChI=1S/C33H24N2O5S/c1-39-21-13-10-20(11-14-21)30-26-16-12-19-6-2-3-7-23(19)29(26)34-33-35(30)31(36)28(41-33)18-22-15-17-27(40-22)24-8-4-5-9-25(24)32(37)38/h2-11,13-15,17-18,30H,12,16H2,1H3,(H,37,38)/b28-18+. The number of thiazole rings is 1. The fraction of sp³-hybridized carbons (Fsp3) is 0.121. The summed E-state index contributed by atoms with van der Waals surface area (Å²) in [5.74, 6) is 0.601. The molecule has 3 heterocycles. The Morgan fingerprint density at radius 2 is 1.76 bits per heavy atom. The summed E-state index contributed by atoms with van der Waals surface area (Å²) in [6.45, 7) is 0. The molecule has 1 unspecified atom stereocenters. The molecule has 5 aromatic rings. The van der Waals surface area contributed by atoms with Crippen LogP contribution in [-0.4, -0.2) is 22.8 Å². The van der Waals surface area contributed by atoms with Gasteiger partial charge in [-0.1, -0.05) is 65.9 Å². The molecule has 0 bridgehead atoms. The van der Waals surface area contributed by atoms with E-state index in [2.05, 4.69) is 18.2 Å². The Balaban J connectivity index is 1.39. The number of methoxy groups -OCH3 is 1. The number of aryl methyl sites for hydroxylation is 1. The molecule has 8 heteroatoms. The third-order valence-electron chi connectivity index (χ3n) is 7.63. The Morgan fingerprint density at radius 1 is 1.00 bits per heavy atom. The summed E-state index contributed by atoms with van der Waals surface area (Å²) in [5, 5.41) is 9.58. The van der Waals surface area contributed by atoms with Crippen molar-refractivity contribution in [3.8, 4) is 17.1 Å². The Hall–Kier alpha value is -4.95. The summed E-state index contributed by atoms with van der Waals surface area (Å²) in [7, 11) is 1.64. The van der Waals surface area contributed by atoms with E-state index in [1.165, 1.54) is 23.0 Å². The molecule has 0 fully saturated rings. The van der Waals surface area contributed by atoms with Gasteiger partial charge in [0.1, 0.15) is 17.3 Å². The van der Waals surface area contributed by atoms with Gasteiger partial charge in [0.05, 0.1) is 28.9 Å². The maximum atomic E-state index is 14.0. The van der Waals surface area contributed by atoms with Gasteiger partial charge in [0.15, 0.2) is 4.80 Å². The first-order chi connectivity index (χ1) is 20.0. The molecule has 1 atom stereocenters. The van der Waals surface area contributed by atoms with Crippen LogP contribution in [0.15, 0.2) is 105 Å². The van der Waals surface area contributed by atoms with E-state index >= 15 is 0 Å². The molecule has 1 aliphatic carbocycles. The highest BCUT2D eigenvalue weighted by Gasteiger charge is 2.32. The number of aromatic nitrogens is 1. The second kappa shape index (κ2) is 9.91. The molecule has 3 aromatic carbocycles. The summed E-state index contributed by atoms with van der Waals surface area (Å²) in [6.07, 6.45) is 3.40. The zero-order valence-electron chi connectivity index (χ0n) is 22.0. The molecule has 202 valence electrons. The Labute approximate surface area is 238 Å². The van der Waals surface area contributed by atoms with Crippen LogP contribution in [0.2, 0.25) is 0 Å². The number of benzene rings is 3. The molecular weight excluding hydrogens is 536 g/mol. The van der Waals surface area contributed by atoms with Crippen LogP contribution in [0.5, 0.6) is 5.75 Å². The molecular formula is C33H24N2O5S. The number of fused-ring (bicyclic) bond motifs is 3.